The van der Waals surface area contributed by atoms with Gasteiger partial charge < -0.3 is 25.4 Å². The number of hydrogen-bond donors (Lipinski definition) is 3. The molecule has 1 spiro atoms. The lowest BCUT2D eigenvalue weighted by Crippen LogP contribution is -2.55. The number of amides is 3. The number of aliphatic hydroxyl groups excluding tert-OH is 1. The summed E-state index contributed by atoms with van der Waals surface area (Å²) in [5.74, 6) is -2.08. The summed E-state index contributed by atoms with van der Waals surface area (Å²) < 4.78 is 8.15. The Hall–Kier alpha value is -3.05. The van der Waals surface area contributed by atoms with Gasteiger partial charge in [0.05, 0.1) is 23.0 Å². The molecule has 2 aromatic rings. The zero-order chi connectivity index (χ0) is 25.5. The SMILES string of the molecule is CNC(=O)[C@@H]1[C@H]2C(=O)N(CCCCCCO)C(C(=O)NCn3nnc4ccccc43)C23CC[C@@]1(C)O3. The molecule has 3 amide bonds. The van der Waals surface area contributed by atoms with Crippen LogP contribution in [-0.4, -0.2) is 80.2 Å². The maximum atomic E-state index is 13.8. The van der Waals surface area contributed by atoms with Gasteiger partial charge in [-0.05, 0) is 44.7 Å². The topological polar surface area (TPSA) is 139 Å². The Morgan fingerprint density at radius 3 is 2.72 bits per heavy atom. The summed E-state index contributed by atoms with van der Waals surface area (Å²) in [6.45, 7) is 2.51. The summed E-state index contributed by atoms with van der Waals surface area (Å²) in [5.41, 5.74) is -0.302. The summed E-state index contributed by atoms with van der Waals surface area (Å²) in [4.78, 5) is 42.1. The summed E-state index contributed by atoms with van der Waals surface area (Å²) in [6.07, 6.45) is 4.23. The number of aliphatic hydroxyl groups is 1. The second-order valence-corrected chi connectivity index (χ2v) is 10.3. The van der Waals surface area contributed by atoms with Gasteiger partial charge in [0.1, 0.15) is 23.8 Å². The van der Waals surface area contributed by atoms with Crippen molar-refractivity contribution in [2.24, 2.45) is 11.8 Å². The first kappa shape index (κ1) is 24.6. The first-order valence-electron chi connectivity index (χ1n) is 12.8. The second kappa shape index (κ2) is 9.44. The fourth-order valence-corrected chi connectivity index (χ4v) is 6.55. The molecule has 0 radical (unpaired) electrons. The van der Waals surface area contributed by atoms with Crippen molar-refractivity contribution in [1.82, 2.24) is 30.5 Å². The van der Waals surface area contributed by atoms with Crippen LogP contribution in [0.3, 0.4) is 0 Å². The quantitative estimate of drug-likeness (QED) is 0.407. The van der Waals surface area contributed by atoms with Gasteiger partial charge in [0.15, 0.2) is 0 Å². The number of ether oxygens (including phenoxy) is 1. The fourth-order valence-electron chi connectivity index (χ4n) is 6.55. The van der Waals surface area contributed by atoms with Crippen molar-refractivity contribution in [1.29, 1.82) is 0 Å². The van der Waals surface area contributed by atoms with E-state index in [0.717, 1.165) is 23.9 Å². The molecule has 5 atom stereocenters. The van der Waals surface area contributed by atoms with Gasteiger partial charge in [-0.25, -0.2) is 4.68 Å². The standard InChI is InChI=1S/C25H34N6O5/c1-24-11-12-25(36-24)19(18(24)21(33)26-2)23(35)30(13-7-3-4-8-14-32)20(25)22(34)27-15-31-17-10-6-5-9-16(17)28-29-31/h5-6,9-10,18-20,32H,3-4,7-8,11-15H2,1-2H3,(H,26,33)(H,27,34)/t18-,19-,20?,24+,25?/m0/s1. The van der Waals surface area contributed by atoms with E-state index in [1.165, 1.54) is 0 Å². The number of fused-ring (bicyclic) bond motifs is 2. The van der Waals surface area contributed by atoms with Crippen molar-refractivity contribution in [3.8, 4) is 0 Å². The Labute approximate surface area is 209 Å². The lowest BCUT2D eigenvalue weighted by molar-refractivity contribution is -0.146. The van der Waals surface area contributed by atoms with Crippen molar-refractivity contribution >= 4 is 28.8 Å². The van der Waals surface area contributed by atoms with E-state index in [0.29, 0.717) is 32.2 Å². The lowest BCUT2D eigenvalue weighted by Gasteiger charge is -2.33. The van der Waals surface area contributed by atoms with Crippen LogP contribution in [-0.2, 0) is 25.8 Å². The highest BCUT2D eigenvalue weighted by Gasteiger charge is 2.77. The van der Waals surface area contributed by atoms with Crippen LogP contribution >= 0.6 is 0 Å². The Morgan fingerprint density at radius 2 is 1.94 bits per heavy atom. The number of carbonyl (C=O) groups excluding carboxylic acids is 3. The minimum Gasteiger partial charge on any atom is -0.396 e. The Balaban J connectivity index is 1.41. The molecule has 194 valence electrons. The second-order valence-electron chi connectivity index (χ2n) is 10.3. The normalized spacial score (nSPS) is 30.7. The molecule has 3 fully saturated rings. The maximum absolute atomic E-state index is 13.8. The van der Waals surface area contributed by atoms with E-state index in [9.17, 15) is 14.4 Å². The molecule has 3 aliphatic heterocycles. The van der Waals surface area contributed by atoms with Crippen LogP contribution in [0.25, 0.3) is 11.0 Å². The van der Waals surface area contributed by atoms with Gasteiger partial charge in [-0.3, -0.25) is 14.4 Å². The number of likely N-dealkylation sites (tertiary alicyclic amines) is 1. The molecule has 2 unspecified atom stereocenters. The highest BCUT2D eigenvalue weighted by Crippen LogP contribution is 2.63. The maximum Gasteiger partial charge on any atom is 0.247 e. The average Bonchev–Trinajstić information content (AvgIpc) is 3.58. The third-order valence-corrected chi connectivity index (χ3v) is 8.18. The third-order valence-electron chi connectivity index (χ3n) is 8.18. The first-order valence-corrected chi connectivity index (χ1v) is 12.8. The van der Waals surface area contributed by atoms with Crippen LogP contribution in [0.2, 0.25) is 0 Å². The van der Waals surface area contributed by atoms with Gasteiger partial charge in [-0.15, -0.1) is 5.10 Å². The molecule has 0 saturated carbocycles. The van der Waals surface area contributed by atoms with Gasteiger partial charge in [0.2, 0.25) is 17.7 Å². The van der Waals surface area contributed by atoms with Gasteiger partial charge in [-0.1, -0.05) is 30.2 Å². The molecule has 3 saturated heterocycles. The van der Waals surface area contributed by atoms with Crippen LogP contribution in [0.15, 0.2) is 24.3 Å². The predicted molar refractivity (Wildman–Crippen MR) is 129 cm³/mol. The summed E-state index contributed by atoms with van der Waals surface area (Å²) in [7, 11) is 1.56. The van der Waals surface area contributed by atoms with E-state index < -0.39 is 29.1 Å². The summed E-state index contributed by atoms with van der Waals surface area (Å²) in [5, 5.41) is 23.0. The molecule has 0 aliphatic carbocycles. The van der Waals surface area contributed by atoms with Crippen molar-refractivity contribution in [3.63, 3.8) is 0 Å². The van der Waals surface area contributed by atoms with Gasteiger partial charge in [0, 0.05) is 20.2 Å². The van der Waals surface area contributed by atoms with Crippen LogP contribution in [0.4, 0.5) is 0 Å². The molecule has 2 bridgehead atoms. The number of aromatic nitrogens is 3. The van der Waals surface area contributed by atoms with Gasteiger partial charge in [0.25, 0.3) is 0 Å². The number of carbonyl (C=O) groups is 3. The number of benzene rings is 1. The van der Waals surface area contributed by atoms with E-state index in [2.05, 4.69) is 20.9 Å². The smallest absolute Gasteiger partial charge is 0.247 e. The largest absolute Gasteiger partial charge is 0.396 e. The monoisotopic (exact) mass is 498 g/mol. The number of unbranched alkanes of at least 4 members (excludes halogenated alkanes) is 3. The van der Waals surface area contributed by atoms with Crippen LogP contribution in [0.5, 0.6) is 0 Å². The highest BCUT2D eigenvalue weighted by molar-refractivity contribution is 5.99. The predicted octanol–water partition coefficient (Wildman–Crippen LogP) is 0.568. The van der Waals surface area contributed by atoms with Crippen LogP contribution in [0.1, 0.15) is 45.4 Å². The minimum atomic E-state index is -1.04. The van der Waals surface area contributed by atoms with Crippen LogP contribution in [0, 0.1) is 11.8 Å². The van der Waals surface area contributed by atoms with Crippen LogP contribution < -0.4 is 10.6 Å². The molecule has 11 heteroatoms. The first-order chi connectivity index (χ1) is 17.4. The zero-order valence-corrected chi connectivity index (χ0v) is 20.8. The molecule has 1 aromatic heterocycles. The lowest BCUT2D eigenvalue weighted by atomic mass is 9.66. The average molecular weight is 499 g/mol. The number of para-hydroxylation sites is 1. The van der Waals surface area contributed by atoms with Crippen molar-refractivity contribution in [2.75, 3.05) is 20.2 Å². The number of hydrogen-bond acceptors (Lipinski definition) is 7. The highest BCUT2D eigenvalue weighted by atomic mass is 16.5. The van der Waals surface area contributed by atoms with Crippen molar-refractivity contribution in [2.45, 2.75) is 69.4 Å². The van der Waals surface area contributed by atoms with Gasteiger partial charge >= 0.3 is 0 Å². The van der Waals surface area contributed by atoms with Gasteiger partial charge in [-0.2, -0.15) is 0 Å². The zero-order valence-electron chi connectivity index (χ0n) is 20.8. The van der Waals surface area contributed by atoms with Crippen molar-refractivity contribution < 1.29 is 24.2 Å². The van der Waals surface area contributed by atoms with E-state index in [1.807, 2.05) is 31.2 Å². The molecule has 3 aliphatic rings. The molecule has 3 N–H and O–H groups in total. The van der Waals surface area contributed by atoms with E-state index in [-0.39, 0.29) is 31.0 Å². The molecular formula is C25H34N6O5. The minimum absolute atomic E-state index is 0.102. The van der Waals surface area contributed by atoms with Crippen molar-refractivity contribution in [3.05, 3.63) is 24.3 Å². The van der Waals surface area contributed by atoms with E-state index >= 15 is 0 Å². The molecule has 1 aromatic carbocycles. The van der Waals surface area contributed by atoms with E-state index in [4.69, 9.17) is 9.84 Å². The number of nitrogens with zero attached hydrogens (tertiary/aromatic N) is 4. The Kier molecular flexibility index (Phi) is 6.46. The molecule has 4 heterocycles. The molecule has 5 rings (SSSR count). The summed E-state index contributed by atoms with van der Waals surface area (Å²) >= 11 is 0. The summed E-state index contributed by atoms with van der Waals surface area (Å²) in [6, 6.07) is 6.65. The van der Waals surface area contributed by atoms with E-state index in [1.54, 1.807) is 16.6 Å². The fraction of sp³-hybridized carbons (Fsp3) is 0.640. The number of rotatable bonds is 10. The molecule has 36 heavy (non-hydrogen) atoms. The molecule has 11 nitrogen and oxygen atoms in total. The third kappa shape index (κ3) is 3.76. The molecular weight excluding hydrogens is 464 g/mol. The number of nitrogens with one attached hydrogen (secondary N) is 2. The Morgan fingerprint density at radius 1 is 1.17 bits per heavy atom. The Bertz CT molecular complexity index is 1170.